The van der Waals surface area contributed by atoms with Crippen LogP contribution in [0.25, 0.3) is 0 Å². The Hall–Kier alpha value is -2.44. The van der Waals surface area contributed by atoms with Crippen LogP contribution in [0, 0.1) is 0 Å². The first-order valence-electron chi connectivity index (χ1n) is 5.35. The molecule has 1 aromatic heterocycles. The van der Waals surface area contributed by atoms with Gasteiger partial charge in [0, 0.05) is 18.8 Å². The molecule has 0 radical (unpaired) electrons. The number of carbonyl (C=O) groups is 3. The van der Waals surface area contributed by atoms with E-state index in [1.807, 2.05) is 0 Å². The second kappa shape index (κ2) is 4.82. The first kappa shape index (κ1) is 12.0. The third-order valence-corrected chi connectivity index (χ3v) is 2.62. The van der Waals surface area contributed by atoms with Crippen LogP contribution in [0.15, 0.2) is 18.5 Å². The second-order valence-corrected chi connectivity index (χ2v) is 3.87. The third-order valence-electron chi connectivity index (χ3n) is 2.62. The number of carbonyl (C=O) groups excluding carboxylic acids is 2. The number of carboxylic acids is 1. The van der Waals surface area contributed by atoms with Gasteiger partial charge in [-0.15, -0.1) is 0 Å². The minimum atomic E-state index is -1.13. The highest BCUT2D eigenvalue weighted by Crippen LogP contribution is 2.17. The van der Waals surface area contributed by atoms with Crippen molar-refractivity contribution in [3.63, 3.8) is 0 Å². The Morgan fingerprint density at radius 3 is 2.94 bits per heavy atom. The van der Waals surface area contributed by atoms with Crippen LogP contribution in [-0.4, -0.2) is 33.9 Å². The van der Waals surface area contributed by atoms with Crippen molar-refractivity contribution >= 4 is 23.5 Å². The van der Waals surface area contributed by atoms with Gasteiger partial charge in [-0.1, -0.05) is 0 Å². The Kier molecular flexibility index (Phi) is 3.22. The van der Waals surface area contributed by atoms with Gasteiger partial charge >= 0.3 is 5.97 Å². The maximum atomic E-state index is 11.5. The summed E-state index contributed by atoms with van der Waals surface area (Å²) in [7, 11) is 0. The molecule has 3 N–H and O–H groups in total. The van der Waals surface area contributed by atoms with Gasteiger partial charge in [-0.2, -0.15) is 0 Å². The fourth-order valence-electron chi connectivity index (χ4n) is 1.71. The van der Waals surface area contributed by atoms with E-state index in [1.54, 1.807) is 0 Å². The maximum Gasteiger partial charge on any atom is 0.339 e. The summed E-state index contributed by atoms with van der Waals surface area (Å²) in [4.78, 5) is 37.2. The van der Waals surface area contributed by atoms with Crippen molar-refractivity contribution in [1.82, 2.24) is 10.3 Å². The maximum absolute atomic E-state index is 11.5. The zero-order valence-electron chi connectivity index (χ0n) is 9.34. The predicted octanol–water partition coefficient (Wildman–Crippen LogP) is -0.00310. The normalized spacial score (nSPS) is 19.2. The number of nitrogens with zero attached hydrogens (tertiary/aromatic N) is 1. The summed E-state index contributed by atoms with van der Waals surface area (Å²) in [6.07, 6.45) is 3.21. The summed E-state index contributed by atoms with van der Waals surface area (Å²) >= 11 is 0. The highest BCUT2D eigenvalue weighted by molar-refractivity contribution is 6.02. The first-order chi connectivity index (χ1) is 8.58. The van der Waals surface area contributed by atoms with Crippen LogP contribution >= 0.6 is 0 Å². The van der Waals surface area contributed by atoms with E-state index in [1.165, 1.54) is 18.5 Å². The molecule has 1 fully saturated rings. The van der Waals surface area contributed by atoms with Crippen molar-refractivity contribution in [2.75, 3.05) is 5.32 Å². The van der Waals surface area contributed by atoms with E-state index in [9.17, 15) is 14.4 Å². The van der Waals surface area contributed by atoms with Crippen LogP contribution < -0.4 is 10.6 Å². The van der Waals surface area contributed by atoms with E-state index < -0.39 is 17.9 Å². The van der Waals surface area contributed by atoms with Gasteiger partial charge in [0.2, 0.25) is 11.8 Å². The van der Waals surface area contributed by atoms with Crippen molar-refractivity contribution in [3.05, 3.63) is 24.0 Å². The van der Waals surface area contributed by atoms with Gasteiger partial charge in [0.25, 0.3) is 0 Å². The molecular formula is C11H11N3O4. The minimum Gasteiger partial charge on any atom is -0.478 e. The van der Waals surface area contributed by atoms with Crippen molar-refractivity contribution < 1.29 is 19.5 Å². The summed E-state index contributed by atoms with van der Waals surface area (Å²) in [5, 5.41) is 14.0. The Labute approximate surface area is 102 Å². The van der Waals surface area contributed by atoms with Crippen molar-refractivity contribution in [3.8, 4) is 0 Å². The van der Waals surface area contributed by atoms with Crippen molar-refractivity contribution in [2.24, 2.45) is 0 Å². The largest absolute Gasteiger partial charge is 0.478 e. The molecule has 2 amide bonds. The molecule has 0 aromatic carbocycles. The molecule has 0 saturated carbocycles. The number of imide groups is 1. The molecule has 7 heteroatoms. The van der Waals surface area contributed by atoms with Crippen LogP contribution in [0.2, 0.25) is 0 Å². The molecule has 1 atom stereocenters. The number of amides is 2. The van der Waals surface area contributed by atoms with Gasteiger partial charge in [-0.05, 0) is 12.5 Å². The Morgan fingerprint density at radius 2 is 2.28 bits per heavy atom. The van der Waals surface area contributed by atoms with Crippen LogP contribution in [0.3, 0.4) is 0 Å². The highest BCUT2D eigenvalue weighted by atomic mass is 16.4. The van der Waals surface area contributed by atoms with Crippen molar-refractivity contribution in [1.29, 1.82) is 0 Å². The standard InChI is InChI=1S/C11H11N3O4/c15-9-2-1-8(10(16)14-9)13-7-3-4-12-5-6(7)11(17)18/h3-5,8H,1-2H2,(H,12,13)(H,17,18)(H,14,15,16). The van der Waals surface area contributed by atoms with E-state index in [2.05, 4.69) is 15.6 Å². The molecule has 2 rings (SSSR count). The van der Waals surface area contributed by atoms with Gasteiger partial charge in [-0.25, -0.2) is 4.79 Å². The molecule has 1 aliphatic rings. The van der Waals surface area contributed by atoms with E-state index in [0.29, 0.717) is 12.1 Å². The van der Waals surface area contributed by atoms with Gasteiger partial charge in [-0.3, -0.25) is 19.9 Å². The van der Waals surface area contributed by atoms with Crippen molar-refractivity contribution in [2.45, 2.75) is 18.9 Å². The molecule has 94 valence electrons. The van der Waals surface area contributed by atoms with Crippen LogP contribution in [-0.2, 0) is 9.59 Å². The predicted molar refractivity (Wildman–Crippen MR) is 61.0 cm³/mol. The number of pyridine rings is 1. The van der Waals surface area contributed by atoms with Gasteiger partial charge in [0.1, 0.15) is 11.6 Å². The number of aromatic nitrogens is 1. The molecule has 7 nitrogen and oxygen atoms in total. The van der Waals surface area contributed by atoms with E-state index in [-0.39, 0.29) is 17.9 Å². The Morgan fingerprint density at radius 1 is 1.50 bits per heavy atom. The second-order valence-electron chi connectivity index (χ2n) is 3.87. The average molecular weight is 249 g/mol. The quantitative estimate of drug-likeness (QED) is 0.650. The fraction of sp³-hybridized carbons (Fsp3) is 0.273. The number of hydrogen-bond donors (Lipinski definition) is 3. The lowest BCUT2D eigenvalue weighted by Crippen LogP contribution is -2.47. The van der Waals surface area contributed by atoms with Crippen LogP contribution in [0.5, 0.6) is 0 Å². The number of nitrogens with one attached hydrogen (secondary N) is 2. The monoisotopic (exact) mass is 249 g/mol. The van der Waals surface area contributed by atoms with Gasteiger partial charge in [0.15, 0.2) is 0 Å². The van der Waals surface area contributed by atoms with Gasteiger partial charge in [0.05, 0.1) is 5.69 Å². The Bertz CT molecular complexity index is 515. The smallest absolute Gasteiger partial charge is 0.339 e. The number of carboxylic acid groups (broad SMARTS) is 1. The summed E-state index contributed by atoms with van der Waals surface area (Å²) in [6.45, 7) is 0. The number of piperidine rings is 1. The molecule has 2 heterocycles. The van der Waals surface area contributed by atoms with Crippen LogP contribution in [0.4, 0.5) is 5.69 Å². The lowest BCUT2D eigenvalue weighted by molar-refractivity contribution is -0.133. The molecule has 1 unspecified atom stereocenters. The zero-order valence-corrected chi connectivity index (χ0v) is 9.34. The summed E-state index contributed by atoms with van der Waals surface area (Å²) in [6, 6.07) is 0.871. The number of hydrogen-bond acceptors (Lipinski definition) is 5. The third kappa shape index (κ3) is 2.45. The molecular weight excluding hydrogens is 238 g/mol. The Balaban J connectivity index is 2.17. The summed E-state index contributed by atoms with van der Waals surface area (Å²) in [5.74, 6) is -1.89. The molecule has 0 bridgehead atoms. The summed E-state index contributed by atoms with van der Waals surface area (Å²) in [5.41, 5.74) is 0.300. The SMILES string of the molecule is O=C1CCC(Nc2ccncc2C(=O)O)C(=O)N1. The average Bonchev–Trinajstić information content (AvgIpc) is 2.33. The lowest BCUT2D eigenvalue weighted by atomic mass is 10.1. The molecule has 1 saturated heterocycles. The molecule has 18 heavy (non-hydrogen) atoms. The molecule has 0 spiro atoms. The zero-order chi connectivity index (χ0) is 13.1. The molecule has 1 aromatic rings. The molecule has 0 aliphatic carbocycles. The molecule has 1 aliphatic heterocycles. The van der Waals surface area contributed by atoms with Crippen LogP contribution in [0.1, 0.15) is 23.2 Å². The first-order valence-corrected chi connectivity index (χ1v) is 5.35. The number of rotatable bonds is 3. The van der Waals surface area contributed by atoms with Gasteiger partial charge < -0.3 is 10.4 Å². The van der Waals surface area contributed by atoms with E-state index >= 15 is 0 Å². The topological polar surface area (TPSA) is 108 Å². The number of anilines is 1. The van der Waals surface area contributed by atoms with E-state index in [0.717, 1.165) is 0 Å². The number of aromatic carboxylic acids is 1. The highest BCUT2D eigenvalue weighted by Gasteiger charge is 2.27. The van der Waals surface area contributed by atoms with E-state index in [4.69, 9.17) is 5.11 Å². The summed E-state index contributed by atoms with van der Waals surface area (Å²) < 4.78 is 0. The fourth-order valence-corrected chi connectivity index (χ4v) is 1.71. The lowest BCUT2D eigenvalue weighted by Gasteiger charge is -2.23. The minimum absolute atomic E-state index is 0.0119.